The third kappa shape index (κ3) is 6.99. The first-order chi connectivity index (χ1) is 24.9. The topological polar surface area (TPSA) is 121 Å². The number of nitrogens with one attached hydrogen (secondary N) is 1. The predicted octanol–water partition coefficient (Wildman–Crippen LogP) is 8.47. The molecule has 2 amide bonds. The number of aromatic carboxylic acids is 1. The molecule has 0 spiro atoms. The van der Waals surface area contributed by atoms with Crippen LogP contribution >= 0.6 is 11.8 Å². The lowest BCUT2D eigenvalue weighted by atomic mass is 10.0. The zero-order valence-corrected chi connectivity index (χ0v) is 28.1. The number of benzene rings is 5. The lowest BCUT2D eigenvalue weighted by Crippen LogP contribution is -2.32. The van der Waals surface area contributed by atoms with E-state index in [1.807, 2.05) is 91.0 Å². The van der Waals surface area contributed by atoms with Crippen LogP contribution in [0.1, 0.15) is 26.7 Å². The van der Waals surface area contributed by atoms with Crippen molar-refractivity contribution in [2.24, 2.45) is 4.99 Å². The fourth-order valence-electron chi connectivity index (χ4n) is 5.75. The average Bonchev–Trinajstić information content (AvgIpc) is 3.47. The molecule has 0 aliphatic carbocycles. The van der Waals surface area contributed by atoms with Crippen LogP contribution in [-0.2, 0) is 9.59 Å². The third-order valence-electron chi connectivity index (χ3n) is 8.23. The number of rotatable bonds is 9. The summed E-state index contributed by atoms with van der Waals surface area (Å²) >= 11 is 1.17. The second-order valence-electron chi connectivity index (χ2n) is 11.5. The maximum absolute atomic E-state index is 14.1. The second-order valence-corrected chi connectivity index (χ2v) is 12.6. The number of aliphatic imine (C=N–C) groups is 1. The Kier molecular flexibility index (Phi) is 9.40. The molecule has 0 saturated heterocycles. The van der Waals surface area contributed by atoms with Gasteiger partial charge in [0.25, 0.3) is 5.91 Å². The zero-order chi connectivity index (χ0) is 35.3. The number of nitrogens with zero attached hydrogens (tertiary/aromatic N) is 3. The van der Waals surface area contributed by atoms with Crippen molar-refractivity contribution in [3.8, 4) is 17.0 Å². The number of anilines is 2. The van der Waals surface area contributed by atoms with Crippen LogP contribution in [0.3, 0.4) is 0 Å². The summed E-state index contributed by atoms with van der Waals surface area (Å²) in [5.74, 6) is -1.08. The molecule has 1 aromatic heterocycles. The van der Waals surface area contributed by atoms with Gasteiger partial charge < -0.3 is 15.2 Å². The van der Waals surface area contributed by atoms with E-state index in [9.17, 15) is 19.5 Å². The molecule has 0 bridgehead atoms. The molecule has 6 aromatic rings. The molecule has 1 unspecified atom stereocenters. The highest BCUT2D eigenvalue weighted by Crippen LogP contribution is 2.38. The number of amidine groups is 1. The number of para-hydroxylation sites is 3. The van der Waals surface area contributed by atoms with Crippen molar-refractivity contribution in [2.75, 3.05) is 17.3 Å². The summed E-state index contributed by atoms with van der Waals surface area (Å²) in [6.45, 7) is 0. The summed E-state index contributed by atoms with van der Waals surface area (Å²) in [7, 11) is 1.57. The SMILES string of the molecule is COc1ccccc1/C=C1\N=C(SC(C(=O)Nc2ccc(-c3cc(C(=O)O)c4ccccc4n3)cc2)c2ccccc2)N(c2ccccc2)C1=O. The minimum atomic E-state index is -1.04. The van der Waals surface area contributed by atoms with Crippen LogP contribution in [0.15, 0.2) is 150 Å². The van der Waals surface area contributed by atoms with Crippen LogP contribution < -0.4 is 15.0 Å². The van der Waals surface area contributed by atoms with Crippen LogP contribution in [0.5, 0.6) is 5.75 Å². The summed E-state index contributed by atoms with van der Waals surface area (Å²) in [5, 5.41) is 13.0. The number of hydrogen-bond acceptors (Lipinski definition) is 7. The molecule has 9 nitrogen and oxygen atoms in total. The molecule has 0 radical (unpaired) electrons. The van der Waals surface area contributed by atoms with Gasteiger partial charge in [-0.3, -0.25) is 14.5 Å². The van der Waals surface area contributed by atoms with Crippen molar-refractivity contribution in [2.45, 2.75) is 5.25 Å². The molecule has 1 atom stereocenters. The normalized spacial score (nSPS) is 14.0. The van der Waals surface area contributed by atoms with Gasteiger partial charge in [0.2, 0.25) is 5.91 Å². The van der Waals surface area contributed by atoms with E-state index in [-0.39, 0.29) is 23.1 Å². The molecule has 10 heteroatoms. The Morgan fingerprint density at radius 1 is 0.843 bits per heavy atom. The molecule has 1 aliphatic heterocycles. The smallest absolute Gasteiger partial charge is 0.336 e. The number of thioether (sulfide) groups is 1. The van der Waals surface area contributed by atoms with E-state index in [4.69, 9.17) is 9.73 Å². The molecule has 250 valence electrons. The van der Waals surface area contributed by atoms with E-state index in [1.54, 1.807) is 61.7 Å². The summed E-state index contributed by atoms with van der Waals surface area (Å²) in [5.41, 5.74) is 4.72. The first-order valence-electron chi connectivity index (χ1n) is 16.0. The first-order valence-corrected chi connectivity index (χ1v) is 16.9. The van der Waals surface area contributed by atoms with Crippen LogP contribution in [0.25, 0.3) is 28.2 Å². The van der Waals surface area contributed by atoms with Gasteiger partial charge in [0.15, 0.2) is 5.17 Å². The Balaban J connectivity index is 1.20. The van der Waals surface area contributed by atoms with Crippen molar-refractivity contribution in [3.05, 3.63) is 162 Å². The molecule has 0 saturated carbocycles. The Bertz CT molecular complexity index is 2330. The van der Waals surface area contributed by atoms with Crippen molar-refractivity contribution in [1.82, 2.24) is 4.98 Å². The van der Waals surface area contributed by atoms with Crippen LogP contribution in [0.4, 0.5) is 11.4 Å². The number of hydrogen-bond donors (Lipinski definition) is 2. The number of methoxy groups -OCH3 is 1. The number of fused-ring (bicyclic) bond motifs is 1. The first kappa shape index (κ1) is 33.0. The second kappa shape index (κ2) is 14.5. The van der Waals surface area contributed by atoms with Crippen molar-refractivity contribution in [3.63, 3.8) is 0 Å². The van der Waals surface area contributed by atoms with Gasteiger partial charge in [-0.15, -0.1) is 0 Å². The summed E-state index contributed by atoms with van der Waals surface area (Å²) in [6, 6.07) is 41.6. The minimum absolute atomic E-state index is 0.162. The number of carboxylic acid groups (broad SMARTS) is 1. The third-order valence-corrected chi connectivity index (χ3v) is 9.44. The lowest BCUT2D eigenvalue weighted by Gasteiger charge is -2.22. The quantitative estimate of drug-likeness (QED) is 0.146. The van der Waals surface area contributed by atoms with E-state index in [2.05, 4.69) is 10.3 Å². The molecule has 5 aromatic carbocycles. The summed E-state index contributed by atoms with van der Waals surface area (Å²) < 4.78 is 5.50. The average molecular weight is 691 g/mol. The number of pyridine rings is 1. The van der Waals surface area contributed by atoms with E-state index in [0.29, 0.717) is 50.0 Å². The van der Waals surface area contributed by atoms with Crippen LogP contribution in [0, 0.1) is 0 Å². The molecular formula is C41H30N4O5S. The fraction of sp³-hybridized carbons (Fsp3) is 0.0488. The van der Waals surface area contributed by atoms with Crippen LogP contribution in [-0.4, -0.2) is 40.2 Å². The monoisotopic (exact) mass is 690 g/mol. The van der Waals surface area contributed by atoms with Crippen molar-refractivity contribution < 1.29 is 24.2 Å². The summed E-state index contributed by atoms with van der Waals surface area (Å²) in [4.78, 5) is 51.0. The van der Waals surface area contributed by atoms with Gasteiger partial charge in [0, 0.05) is 22.2 Å². The molecule has 51 heavy (non-hydrogen) atoms. The number of carboxylic acids is 1. The Morgan fingerprint density at radius 3 is 2.24 bits per heavy atom. The highest BCUT2D eigenvalue weighted by molar-refractivity contribution is 8.15. The van der Waals surface area contributed by atoms with Gasteiger partial charge >= 0.3 is 5.97 Å². The zero-order valence-electron chi connectivity index (χ0n) is 27.3. The Hall–Kier alpha value is -6.52. The van der Waals surface area contributed by atoms with E-state index in [0.717, 1.165) is 5.56 Å². The van der Waals surface area contributed by atoms with Gasteiger partial charge in [0.05, 0.1) is 29.6 Å². The standard InChI is InChI=1S/C41H30N4O5S/c1-50-36-19-11-8-14-28(36)24-35-39(47)45(30-15-6-3-7-16-30)41(44-35)51-37(27-12-4-2-5-13-27)38(46)42-29-22-20-26(21-23-29)34-25-32(40(48)49)31-17-9-10-18-33(31)43-34/h2-25,37H,1H3,(H,42,46)(H,48,49)/b35-24-. The highest BCUT2D eigenvalue weighted by atomic mass is 32.2. The molecule has 2 N–H and O–H groups in total. The van der Waals surface area contributed by atoms with Crippen molar-refractivity contribution in [1.29, 1.82) is 0 Å². The number of amides is 2. The fourth-order valence-corrected chi connectivity index (χ4v) is 6.87. The highest BCUT2D eigenvalue weighted by Gasteiger charge is 2.36. The maximum atomic E-state index is 14.1. The lowest BCUT2D eigenvalue weighted by molar-refractivity contribution is -0.116. The van der Waals surface area contributed by atoms with E-state index < -0.39 is 11.2 Å². The molecular weight excluding hydrogens is 661 g/mol. The number of ether oxygens (including phenoxy) is 1. The van der Waals surface area contributed by atoms with Crippen molar-refractivity contribution >= 4 is 63.1 Å². The number of carbonyl (C=O) groups excluding carboxylic acids is 2. The molecule has 7 rings (SSSR count). The number of aromatic nitrogens is 1. The predicted molar refractivity (Wildman–Crippen MR) is 202 cm³/mol. The van der Waals surface area contributed by atoms with Gasteiger partial charge in [-0.05, 0) is 54.1 Å². The minimum Gasteiger partial charge on any atom is -0.496 e. The van der Waals surface area contributed by atoms with Gasteiger partial charge in [-0.1, -0.05) is 109 Å². The van der Waals surface area contributed by atoms with E-state index >= 15 is 0 Å². The molecule has 0 fully saturated rings. The van der Waals surface area contributed by atoms with Gasteiger partial charge in [-0.25, -0.2) is 14.8 Å². The van der Waals surface area contributed by atoms with Gasteiger partial charge in [0.1, 0.15) is 16.7 Å². The van der Waals surface area contributed by atoms with E-state index in [1.165, 1.54) is 16.7 Å². The number of carbonyl (C=O) groups is 3. The van der Waals surface area contributed by atoms with Crippen LogP contribution in [0.2, 0.25) is 0 Å². The maximum Gasteiger partial charge on any atom is 0.336 e. The largest absolute Gasteiger partial charge is 0.496 e. The Morgan fingerprint density at radius 2 is 1.51 bits per heavy atom. The Labute approximate surface area is 298 Å². The van der Waals surface area contributed by atoms with Gasteiger partial charge in [-0.2, -0.15) is 0 Å². The summed E-state index contributed by atoms with van der Waals surface area (Å²) in [6.07, 6.45) is 1.69. The molecule has 1 aliphatic rings. The molecule has 2 heterocycles.